The van der Waals surface area contributed by atoms with Crippen molar-refractivity contribution in [3.63, 3.8) is 0 Å². The largest absolute Gasteiger partial charge is 0.399 e. The van der Waals surface area contributed by atoms with Gasteiger partial charge in [0.1, 0.15) is 12.4 Å². The number of nitrogens with two attached hydrogens (primary N) is 1. The molecule has 2 rings (SSSR count). The van der Waals surface area contributed by atoms with Crippen molar-refractivity contribution in [3.05, 3.63) is 24.0 Å². The number of benzene rings is 1. The summed E-state index contributed by atoms with van der Waals surface area (Å²) in [6.07, 6.45) is 1.98. The molecule has 1 aromatic carbocycles. The summed E-state index contributed by atoms with van der Waals surface area (Å²) in [6, 6.07) is 5.73. The third-order valence-electron chi connectivity index (χ3n) is 3.95. The first-order valence-corrected chi connectivity index (χ1v) is 6.44. The highest BCUT2D eigenvalue weighted by Gasteiger charge is 2.27. The minimum Gasteiger partial charge on any atom is -0.399 e. The summed E-state index contributed by atoms with van der Waals surface area (Å²) in [5.41, 5.74) is 8.36. The van der Waals surface area contributed by atoms with E-state index in [9.17, 15) is 5.11 Å². The molecule has 0 saturated heterocycles. The molecule has 0 amide bonds. The number of rotatable bonds is 4. The zero-order valence-corrected chi connectivity index (χ0v) is 11.3. The van der Waals surface area contributed by atoms with Gasteiger partial charge < -0.3 is 15.4 Å². The lowest BCUT2D eigenvalue weighted by atomic mass is 9.94. The molecule has 0 aliphatic rings. The molecule has 0 spiro atoms. The number of nitrogens with zero attached hydrogens (tertiary/aromatic N) is 2. The number of hydrogen-bond acceptors (Lipinski definition) is 3. The topological polar surface area (TPSA) is 64.1 Å². The predicted molar refractivity (Wildman–Crippen MR) is 74.3 cm³/mol. The number of aliphatic hydroxyl groups is 1. The quantitative estimate of drug-likeness (QED) is 0.816. The molecular weight excluding hydrogens is 226 g/mol. The Morgan fingerprint density at radius 3 is 2.56 bits per heavy atom. The van der Waals surface area contributed by atoms with E-state index in [0.717, 1.165) is 23.9 Å². The van der Waals surface area contributed by atoms with Gasteiger partial charge in [-0.2, -0.15) is 0 Å². The van der Waals surface area contributed by atoms with Crippen LogP contribution in [-0.2, 0) is 12.1 Å². The van der Waals surface area contributed by atoms with Crippen LogP contribution in [-0.4, -0.2) is 14.7 Å². The first-order chi connectivity index (χ1) is 8.55. The van der Waals surface area contributed by atoms with Gasteiger partial charge in [0.15, 0.2) is 0 Å². The Morgan fingerprint density at radius 2 is 2.00 bits per heavy atom. The molecule has 2 aromatic rings. The maximum atomic E-state index is 9.53. The molecule has 0 aliphatic carbocycles. The van der Waals surface area contributed by atoms with Crippen LogP contribution in [0.1, 0.15) is 39.4 Å². The molecule has 0 atom stereocenters. The summed E-state index contributed by atoms with van der Waals surface area (Å²) >= 11 is 0. The van der Waals surface area contributed by atoms with Crippen molar-refractivity contribution in [2.75, 3.05) is 5.73 Å². The van der Waals surface area contributed by atoms with E-state index in [4.69, 9.17) is 5.73 Å². The second-order valence-corrected chi connectivity index (χ2v) is 4.97. The molecule has 4 nitrogen and oxygen atoms in total. The predicted octanol–water partition coefficient (Wildman–Crippen LogP) is 2.65. The number of nitrogen functional groups attached to an aromatic ring is 1. The number of imidazole rings is 1. The van der Waals surface area contributed by atoms with Crippen molar-refractivity contribution in [3.8, 4) is 0 Å². The number of anilines is 1. The summed E-state index contributed by atoms with van der Waals surface area (Å²) < 4.78 is 2.15. The summed E-state index contributed by atoms with van der Waals surface area (Å²) in [4.78, 5) is 4.49. The summed E-state index contributed by atoms with van der Waals surface area (Å²) in [7, 11) is 0. The lowest BCUT2D eigenvalue weighted by molar-refractivity contribution is 0.232. The fraction of sp³-hybridized carbons (Fsp3) is 0.500. The molecule has 1 aromatic heterocycles. The van der Waals surface area contributed by atoms with E-state index in [1.165, 1.54) is 0 Å². The normalized spacial score (nSPS) is 12.2. The van der Waals surface area contributed by atoms with Gasteiger partial charge in [0.05, 0.1) is 11.0 Å². The second-order valence-electron chi connectivity index (χ2n) is 4.97. The van der Waals surface area contributed by atoms with Gasteiger partial charge in [0.25, 0.3) is 0 Å². The van der Waals surface area contributed by atoms with Gasteiger partial charge in [-0.25, -0.2) is 4.98 Å². The van der Waals surface area contributed by atoms with Crippen molar-refractivity contribution in [1.29, 1.82) is 0 Å². The summed E-state index contributed by atoms with van der Waals surface area (Å²) in [6.45, 7) is 6.47. The third-order valence-corrected chi connectivity index (χ3v) is 3.95. The van der Waals surface area contributed by atoms with Crippen LogP contribution in [0.4, 0.5) is 5.69 Å². The Kier molecular flexibility index (Phi) is 3.30. The number of hydrogen-bond donors (Lipinski definition) is 2. The maximum Gasteiger partial charge on any atom is 0.136 e. The maximum absolute atomic E-state index is 9.53. The Labute approximate surface area is 107 Å². The van der Waals surface area contributed by atoms with Crippen LogP contribution in [0, 0.1) is 0 Å². The van der Waals surface area contributed by atoms with Crippen LogP contribution in [0.3, 0.4) is 0 Å². The van der Waals surface area contributed by atoms with Gasteiger partial charge in [-0.1, -0.05) is 13.8 Å². The Morgan fingerprint density at radius 1 is 1.33 bits per heavy atom. The molecule has 4 heteroatoms. The molecule has 0 radical (unpaired) electrons. The van der Waals surface area contributed by atoms with Crippen LogP contribution in [0.25, 0.3) is 11.0 Å². The SMILES string of the molecule is CCC(C)(CC)n1c(CO)nc2cc(N)ccc21. The fourth-order valence-electron chi connectivity index (χ4n) is 2.42. The highest BCUT2D eigenvalue weighted by atomic mass is 16.3. The highest BCUT2D eigenvalue weighted by Crippen LogP contribution is 2.31. The van der Waals surface area contributed by atoms with Crippen molar-refractivity contribution in [2.45, 2.75) is 45.8 Å². The van der Waals surface area contributed by atoms with Gasteiger partial charge in [0, 0.05) is 11.2 Å². The Hall–Kier alpha value is -1.55. The first kappa shape index (κ1) is 12.9. The zero-order valence-electron chi connectivity index (χ0n) is 11.3. The molecule has 0 saturated carbocycles. The molecule has 0 bridgehead atoms. The average molecular weight is 247 g/mol. The molecule has 3 N–H and O–H groups in total. The van der Waals surface area contributed by atoms with Crippen LogP contribution in [0.15, 0.2) is 18.2 Å². The number of aromatic nitrogens is 2. The molecule has 98 valence electrons. The van der Waals surface area contributed by atoms with E-state index in [-0.39, 0.29) is 12.1 Å². The van der Waals surface area contributed by atoms with Crippen LogP contribution in [0.5, 0.6) is 0 Å². The van der Waals surface area contributed by atoms with Crippen LogP contribution >= 0.6 is 0 Å². The minimum absolute atomic E-state index is 0.0249. The highest BCUT2D eigenvalue weighted by molar-refractivity contribution is 5.80. The fourth-order valence-corrected chi connectivity index (χ4v) is 2.42. The van der Waals surface area contributed by atoms with E-state index in [1.54, 1.807) is 0 Å². The second kappa shape index (κ2) is 4.61. The van der Waals surface area contributed by atoms with Gasteiger partial charge in [0.2, 0.25) is 0 Å². The standard InChI is InChI=1S/C14H21N3O/c1-4-14(3,5-2)17-12-7-6-10(15)8-11(12)16-13(17)9-18/h6-8,18H,4-5,9,15H2,1-3H3. The minimum atomic E-state index is -0.0514. The Bertz CT molecular complexity index is 555. The smallest absolute Gasteiger partial charge is 0.136 e. The van der Waals surface area contributed by atoms with Gasteiger partial charge >= 0.3 is 0 Å². The monoisotopic (exact) mass is 247 g/mol. The van der Waals surface area contributed by atoms with E-state index in [0.29, 0.717) is 11.5 Å². The van der Waals surface area contributed by atoms with Crippen molar-refractivity contribution < 1.29 is 5.11 Å². The van der Waals surface area contributed by atoms with Crippen molar-refractivity contribution in [2.24, 2.45) is 0 Å². The average Bonchev–Trinajstić information content (AvgIpc) is 2.75. The molecule has 0 aliphatic heterocycles. The lowest BCUT2D eigenvalue weighted by Crippen LogP contribution is -2.30. The van der Waals surface area contributed by atoms with E-state index in [1.807, 2.05) is 18.2 Å². The van der Waals surface area contributed by atoms with Crippen LogP contribution in [0.2, 0.25) is 0 Å². The summed E-state index contributed by atoms with van der Waals surface area (Å²) in [5.74, 6) is 0.710. The van der Waals surface area contributed by atoms with E-state index >= 15 is 0 Å². The van der Waals surface area contributed by atoms with E-state index < -0.39 is 0 Å². The third kappa shape index (κ3) is 1.86. The lowest BCUT2D eigenvalue weighted by Gasteiger charge is -2.31. The van der Waals surface area contributed by atoms with Crippen LogP contribution < -0.4 is 5.73 Å². The number of aliphatic hydroxyl groups excluding tert-OH is 1. The van der Waals surface area contributed by atoms with Crippen molar-refractivity contribution >= 4 is 16.7 Å². The van der Waals surface area contributed by atoms with Gasteiger partial charge in [-0.15, -0.1) is 0 Å². The van der Waals surface area contributed by atoms with Crippen molar-refractivity contribution in [1.82, 2.24) is 9.55 Å². The Balaban J connectivity index is 2.75. The molecule has 1 heterocycles. The molecular formula is C14H21N3O. The zero-order chi connectivity index (χ0) is 13.3. The molecule has 18 heavy (non-hydrogen) atoms. The first-order valence-electron chi connectivity index (χ1n) is 6.44. The molecule has 0 fully saturated rings. The summed E-state index contributed by atoms with van der Waals surface area (Å²) in [5, 5.41) is 9.53. The van der Waals surface area contributed by atoms with Gasteiger partial charge in [-0.3, -0.25) is 0 Å². The van der Waals surface area contributed by atoms with Gasteiger partial charge in [-0.05, 0) is 38.0 Å². The van der Waals surface area contributed by atoms with E-state index in [2.05, 4.69) is 30.3 Å². The number of fused-ring (bicyclic) bond motifs is 1. The molecule has 0 unspecified atom stereocenters.